The Morgan fingerprint density at radius 1 is 1.40 bits per heavy atom. The first-order valence-electron chi connectivity index (χ1n) is 6.10. The molecular weight excluding hydrogens is 278 g/mol. The Morgan fingerprint density at radius 3 is 2.80 bits per heavy atom. The van der Waals surface area contributed by atoms with E-state index in [0.717, 1.165) is 0 Å². The zero-order chi connectivity index (χ0) is 14.7. The molecule has 1 aromatic heterocycles. The molecule has 0 saturated carbocycles. The van der Waals surface area contributed by atoms with E-state index >= 15 is 0 Å². The first-order chi connectivity index (χ1) is 9.52. The van der Waals surface area contributed by atoms with E-state index in [1.54, 1.807) is 38.1 Å². The molecular formula is C14H14ClN3O2. The molecule has 2 aromatic rings. The van der Waals surface area contributed by atoms with Gasteiger partial charge in [0.05, 0.1) is 18.0 Å². The largest absolute Gasteiger partial charge is 0.462 e. The van der Waals surface area contributed by atoms with Crippen LogP contribution >= 0.6 is 11.6 Å². The van der Waals surface area contributed by atoms with E-state index in [2.05, 4.69) is 9.97 Å². The Balaban J connectivity index is 2.64. The number of benzene rings is 1. The molecule has 0 aliphatic rings. The lowest BCUT2D eigenvalue weighted by Crippen LogP contribution is -2.13. The lowest BCUT2D eigenvalue weighted by molar-refractivity contribution is 0.0525. The van der Waals surface area contributed by atoms with E-state index in [1.165, 1.54) is 0 Å². The quantitative estimate of drug-likeness (QED) is 0.880. The molecule has 0 aliphatic heterocycles. The third kappa shape index (κ3) is 2.88. The maximum Gasteiger partial charge on any atom is 0.342 e. The van der Waals surface area contributed by atoms with Crippen LogP contribution in [0.4, 0.5) is 5.95 Å². The second-order valence-electron chi connectivity index (χ2n) is 4.12. The zero-order valence-corrected chi connectivity index (χ0v) is 11.9. The standard InChI is InChI=1S/C14H14ClN3O2/c1-3-20-13(19)11-8(2)17-14(16)18-12(11)9-5-4-6-10(15)7-9/h4-7H,3H2,1-2H3,(H2,16,17,18). The molecule has 6 heteroatoms. The van der Waals surface area contributed by atoms with E-state index in [4.69, 9.17) is 22.1 Å². The smallest absolute Gasteiger partial charge is 0.342 e. The van der Waals surface area contributed by atoms with Gasteiger partial charge in [-0.15, -0.1) is 0 Å². The number of rotatable bonds is 3. The van der Waals surface area contributed by atoms with Crippen LogP contribution in [-0.2, 0) is 4.74 Å². The highest BCUT2D eigenvalue weighted by Crippen LogP contribution is 2.27. The second-order valence-corrected chi connectivity index (χ2v) is 4.56. The van der Waals surface area contributed by atoms with E-state index < -0.39 is 5.97 Å². The van der Waals surface area contributed by atoms with Crippen molar-refractivity contribution in [2.24, 2.45) is 0 Å². The molecule has 0 fully saturated rings. The zero-order valence-electron chi connectivity index (χ0n) is 11.2. The molecule has 0 unspecified atom stereocenters. The number of ether oxygens (including phenoxy) is 1. The molecule has 0 spiro atoms. The van der Waals surface area contributed by atoms with Crippen LogP contribution in [0.1, 0.15) is 23.0 Å². The molecule has 1 aromatic carbocycles. The predicted molar refractivity (Wildman–Crippen MR) is 77.6 cm³/mol. The summed E-state index contributed by atoms with van der Waals surface area (Å²) < 4.78 is 5.05. The van der Waals surface area contributed by atoms with Gasteiger partial charge in [-0.25, -0.2) is 14.8 Å². The third-order valence-corrected chi connectivity index (χ3v) is 2.92. The molecule has 0 atom stereocenters. The summed E-state index contributed by atoms with van der Waals surface area (Å²) in [4.78, 5) is 20.3. The van der Waals surface area contributed by atoms with Crippen molar-refractivity contribution in [3.63, 3.8) is 0 Å². The Morgan fingerprint density at radius 2 is 2.15 bits per heavy atom. The van der Waals surface area contributed by atoms with E-state index in [1.807, 2.05) is 0 Å². The van der Waals surface area contributed by atoms with Crippen molar-refractivity contribution in [2.45, 2.75) is 13.8 Å². The van der Waals surface area contributed by atoms with Gasteiger partial charge in [-0.2, -0.15) is 0 Å². The van der Waals surface area contributed by atoms with Gasteiger partial charge >= 0.3 is 5.97 Å². The summed E-state index contributed by atoms with van der Waals surface area (Å²) in [7, 11) is 0. The summed E-state index contributed by atoms with van der Waals surface area (Å²) in [6.45, 7) is 3.71. The summed E-state index contributed by atoms with van der Waals surface area (Å²) >= 11 is 5.98. The summed E-state index contributed by atoms with van der Waals surface area (Å²) in [5.74, 6) is -0.370. The van der Waals surface area contributed by atoms with Crippen LogP contribution in [0, 0.1) is 6.92 Å². The average Bonchev–Trinajstić information content (AvgIpc) is 2.37. The van der Waals surface area contributed by atoms with Gasteiger partial charge in [0.25, 0.3) is 0 Å². The SMILES string of the molecule is CCOC(=O)c1c(C)nc(N)nc1-c1cccc(Cl)c1. The number of nitrogens with zero attached hydrogens (tertiary/aromatic N) is 2. The Labute approximate surface area is 121 Å². The molecule has 104 valence electrons. The molecule has 0 saturated heterocycles. The number of halogens is 1. The lowest BCUT2D eigenvalue weighted by atomic mass is 10.0. The molecule has 0 bridgehead atoms. The van der Waals surface area contributed by atoms with Gasteiger partial charge in [0.2, 0.25) is 5.95 Å². The van der Waals surface area contributed by atoms with Crippen molar-refractivity contribution in [3.8, 4) is 11.3 Å². The number of aryl methyl sites for hydroxylation is 1. The highest BCUT2D eigenvalue weighted by Gasteiger charge is 2.20. The molecule has 20 heavy (non-hydrogen) atoms. The Bertz CT molecular complexity index is 659. The number of nitrogen functional groups attached to an aromatic ring is 1. The van der Waals surface area contributed by atoms with Crippen molar-refractivity contribution in [1.29, 1.82) is 0 Å². The first-order valence-corrected chi connectivity index (χ1v) is 6.48. The number of hydrogen-bond donors (Lipinski definition) is 1. The van der Waals surface area contributed by atoms with Crippen molar-refractivity contribution < 1.29 is 9.53 Å². The topological polar surface area (TPSA) is 78.1 Å². The molecule has 0 radical (unpaired) electrons. The number of esters is 1. The number of aromatic nitrogens is 2. The second kappa shape index (κ2) is 5.88. The van der Waals surface area contributed by atoms with Crippen molar-refractivity contribution in [3.05, 3.63) is 40.5 Å². The number of anilines is 1. The van der Waals surface area contributed by atoms with Gasteiger partial charge in [-0.3, -0.25) is 0 Å². The first kappa shape index (κ1) is 14.3. The van der Waals surface area contributed by atoms with Gasteiger partial charge in [0.1, 0.15) is 5.56 Å². The predicted octanol–water partition coefficient (Wildman–Crippen LogP) is 2.86. The Hall–Kier alpha value is -2.14. The van der Waals surface area contributed by atoms with E-state index in [0.29, 0.717) is 27.5 Å². The van der Waals surface area contributed by atoms with E-state index in [-0.39, 0.29) is 12.6 Å². The van der Waals surface area contributed by atoms with Gasteiger partial charge in [-0.1, -0.05) is 23.7 Å². The minimum absolute atomic E-state index is 0.102. The third-order valence-electron chi connectivity index (χ3n) is 2.68. The number of carbonyl (C=O) groups excluding carboxylic acids is 1. The van der Waals surface area contributed by atoms with Crippen molar-refractivity contribution in [2.75, 3.05) is 12.3 Å². The number of hydrogen-bond acceptors (Lipinski definition) is 5. The summed E-state index contributed by atoms with van der Waals surface area (Å²) in [5.41, 5.74) is 7.58. The molecule has 1 heterocycles. The lowest BCUT2D eigenvalue weighted by Gasteiger charge is -2.11. The maximum atomic E-state index is 12.1. The highest BCUT2D eigenvalue weighted by atomic mass is 35.5. The van der Waals surface area contributed by atoms with Crippen LogP contribution in [-0.4, -0.2) is 22.5 Å². The number of carbonyl (C=O) groups is 1. The normalized spacial score (nSPS) is 10.3. The van der Waals surface area contributed by atoms with Crippen LogP contribution < -0.4 is 5.73 Å². The average molecular weight is 292 g/mol. The number of nitrogens with two attached hydrogens (primary N) is 1. The van der Waals surface area contributed by atoms with Gasteiger partial charge in [-0.05, 0) is 26.0 Å². The summed E-state index contributed by atoms with van der Waals surface area (Å²) in [6, 6.07) is 7.04. The minimum atomic E-state index is -0.472. The van der Waals surface area contributed by atoms with Crippen LogP contribution in [0.15, 0.2) is 24.3 Å². The molecule has 2 rings (SSSR count). The minimum Gasteiger partial charge on any atom is -0.462 e. The van der Waals surface area contributed by atoms with E-state index in [9.17, 15) is 4.79 Å². The maximum absolute atomic E-state index is 12.1. The fourth-order valence-corrected chi connectivity index (χ4v) is 2.08. The van der Waals surface area contributed by atoms with Gasteiger partial charge < -0.3 is 10.5 Å². The summed E-state index contributed by atoms with van der Waals surface area (Å²) in [6.07, 6.45) is 0. The van der Waals surface area contributed by atoms with Gasteiger partial charge in [0, 0.05) is 10.6 Å². The summed E-state index contributed by atoms with van der Waals surface area (Å²) in [5, 5.41) is 0.548. The highest BCUT2D eigenvalue weighted by molar-refractivity contribution is 6.30. The van der Waals surface area contributed by atoms with Crippen LogP contribution in [0.5, 0.6) is 0 Å². The fourth-order valence-electron chi connectivity index (χ4n) is 1.89. The van der Waals surface area contributed by atoms with Gasteiger partial charge in [0.15, 0.2) is 0 Å². The van der Waals surface area contributed by atoms with Crippen LogP contribution in [0.3, 0.4) is 0 Å². The molecule has 0 aliphatic carbocycles. The monoisotopic (exact) mass is 291 g/mol. The van der Waals surface area contributed by atoms with Crippen LogP contribution in [0.2, 0.25) is 5.02 Å². The molecule has 2 N–H and O–H groups in total. The fraction of sp³-hybridized carbons (Fsp3) is 0.214. The van der Waals surface area contributed by atoms with Crippen molar-refractivity contribution >= 4 is 23.5 Å². The Kier molecular flexibility index (Phi) is 4.20. The molecule has 5 nitrogen and oxygen atoms in total. The van der Waals surface area contributed by atoms with Crippen LogP contribution in [0.25, 0.3) is 11.3 Å². The van der Waals surface area contributed by atoms with Crippen molar-refractivity contribution in [1.82, 2.24) is 9.97 Å². The molecule has 0 amide bonds.